The first kappa shape index (κ1) is 31.5. The van der Waals surface area contributed by atoms with Crippen LogP contribution in [0.4, 0.5) is 5.69 Å². The Hall–Kier alpha value is -7.52. The highest BCUT2D eigenvalue weighted by Crippen LogP contribution is 2.37. The molecule has 2 N–H and O–H groups in total. The highest BCUT2D eigenvalue weighted by Gasteiger charge is 2.39. The summed E-state index contributed by atoms with van der Waals surface area (Å²) >= 11 is 0. The number of ketones is 8. The van der Waals surface area contributed by atoms with Gasteiger partial charge in [0.15, 0.2) is 46.3 Å². The number of anilines is 1. The van der Waals surface area contributed by atoms with Crippen LogP contribution in [0, 0.1) is 0 Å². The minimum Gasteiger partial charge on any atom is -0.398 e. The molecule has 9 rings (SSSR count). The topological polar surface area (TPSA) is 163 Å². The average molecular weight is 692 g/mol. The highest BCUT2D eigenvalue weighted by molar-refractivity contribution is 6.36. The lowest BCUT2D eigenvalue weighted by atomic mass is 9.76. The van der Waals surface area contributed by atoms with E-state index >= 15 is 0 Å². The lowest BCUT2D eigenvalue weighted by Crippen LogP contribution is -2.28. The quantitative estimate of drug-likeness (QED) is 0.171. The third-order valence-electron chi connectivity index (χ3n) is 10.1. The molecular formula is C44H21NO8. The maximum Gasteiger partial charge on any atom is 0.197 e. The number of nitrogens with two attached hydrogens (primary N) is 1. The first-order chi connectivity index (χ1) is 25.6. The summed E-state index contributed by atoms with van der Waals surface area (Å²) in [5, 5.41) is 0. The van der Waals surface area contributed by atoms with E-state index in [0.29, 0.717) is 0 Å². The molecule has 9 heteroatoms. The van der Waals surface area contributed by atoms with Crippen molar-refractivity contribution in [2.75, 3.05) is 5.73 Å². The molecule has 0 spiro atoms. The van der Waals surface area contributed by atoms with E-state index in [-0.39, 0.29) is 106 Å². The van der Waals surface area contributed by atoms with Gasteiger partial charge in [-0.15, -0.1) is 0 Å². The number of nitrogen functional groups attached to an aromatic ring is 1. The van der Waals surface area contributed by atoms with E-state index in [9.17, 15) is 38.4 Å². The van der Waals surface area contributed by atoms with Crippen molar-refractivity contribution < 1.29 is 38.4 Å². The molecule has 0 fully saturated rings. The third kappa shape index (κ3) is 4.37. The fourth-order valence-electron chi connectivity index (χ4n) is 7.52. The Labute approximate surface area is 299 Å². The Morgan fingerprint density at radius 2 is 0.755 bits per heavy atom. The van der Waals surface area contributed by atoms with Crippen LogP contribution >= 0.6 is 0 Å². The highest BCUT2D eigenvalue weighted by atomic mass is 16.2. The Morgan fingerprint density at radius 3 is 1.25 bits per heavy atom. The van der Waals surface area contributed by atoms with Crippen molar-refractivity contribution in [3.63, 3.8) is 0 Å². The summed E-state index contributed by atoms with van der Waals surface area (Å²) in [6.45, 7) is 0. The van der Waals surface area contributed by atoms with Crippen LogP contribution in [0.3, 0.4) is 0 Å². The van der Waals surface area contributed by atoms with E-state index in [4.69, 9.17) is 5.73 Å². The smallest absolute Gasteiger partial charge is 0.197 e. The van der Waals surface area contributed by atoms with Crippen molar-refractivity contribution in [3.8, 4) is 0 Å². The van der Waals surface area contributed by atoms with Crippen LogP contribution < -0.4 is 5.73 Å². The number of carbonyl (C=O) groups is 8. The first-order valence-corrected chi connectivity index (χ1v) is 16.5. The van der Waals surface area contributed by atoms with Crippen LogP contribution in [0.2, 0.25) is 0 Å². The predicted molar refractivity (Wildman–Crippen MR) is 191 cm³/mol. The number of hydrogen-bond acceptors (Lipinski definition) is 9. The van der Waals surface area contributed by atoms with Gasteiger partial charge in [0.25, 0.3) is 0 Å². The summed E-state index contributed by atoms with van der Waals surface area (Å²) in [5.41, 5.74) is 6.41. The number of rotatable bonds is 4. The molecule has 6 aromatic carbocycles. The molecular weight excluding hydrogens is 670 g/mol. The second kappa shape index (κ2) is 11.2. The summed E-state index contributed by atoms with van der Waals surface area (Å²) < 4.78 is 0. The summed E-state index contributed by atoms with van der Waals surface area (Å²) in [6.07, 6.45) is 0. The first-order valence-electron chi connectivity index (χ1n) is 16.5. The fourth-order valence-corrected chi connectivity index (χ4v) is 7.52. The van der Waals surface area contributed by atoms with Gasteiger partial charge in [-0.25, -0.2) is 0 Å². The Bertz CT molecular complexity index is 2840. The van der Waals surface area contributed by atoms with Crippen LogP contribution in [-0.4, -0.2) is 46.3 Å². The SMILES string of the molecule is Nc1ccc(C(=O)c2ccc3c(c2)C(=O)c2ccccc2C3=O)c2c1C(=O)c1c(C(=O)c3ccc4c(c3)C(=O)c3ccccc3C4=O)cccc1C2=O. The lowest BCUT2D eigenvalue weighted by molar-refractivity contribution is 0.0964. The Morgan fingerprint density at radius 1 is 0.340 bits per heavy atom. The third-order valence-corrected chi connectivity index (χ3v) is 10.1. The average Bonchev–Trinajstić information content (AvgIpc) is 3.19. The minimum atomic E-state index is -0.758. The molecule has 250 valence electrons. The van der Waals surface area contributed by atoms with Crippen molar-refractivity contribution in [1.29, 1.82) is 0 Å². The molecule has 0 aromatic heterocycles. The van der Waals surface area contributed by atoms with Crippen molar-refractivity contribution in [2.45, 2.75) is 0 Å². The Kier molecular flexibility index (Phi) is 6.67. The molecule has 0 saturated heterocycles. The van der Waals surface area contributed by atoms with Gasteiger partial charge in [0.2, 0.25) is 0 Å². The molecule has 0 amide bonds. The van der Waals surface area contributed by atoms with Gasteiger partial charge in [0.1, 0.15) is 0 Å². The van der Waals surface area contributed by atoms with Crippen molar-refractivity contribution in [3.05, 3.63) is 204 Å². The van der Waals surface area contributed by atoms with Crippen LogP contribution in [-0.2, 0) is 0 Å². The lowest BCUT2D eigenvalue weighted by Gasteiger charge is -2.23. The van der Waals surface area contributed by atoms with E-state index in [1.54, 1.807) is 36.4 Å². The molecule has 0 aliphatic heterocycles. The monoisotopic (exact) mass is 691 g/mol. The van der Waals surface area contributed by atoms with Crippen LogP contribution in [0.1, 0.15) is 127 Å². The second-order valence-corrected chi connectivity index (χ2v) is 12.9. The van der Waals surface area contributed by atoms with Gasteiger partial charge < -0.3 is 5.73 Å². The zero-order chi connectivity index (χ0) is 36.9. The molecule has 0 heterocycles. The summed E-state index contributed by atoms with van der Waals surface area (Å²) in [4.78, 5) is 110. The standard InChI is InChI=1S/C44H21NO8/c45-33-17-16-30(38(47)21-13-15-27-32(19-21)42(51)25-9-4-2-7-23(25)40(27)49)35-36(33)44(53)34-28(10-5-11-29(34)43(35)52)37(46)20-12-14-26-31(18-20)41(50)24-8-3-1-6-22(24)39(26)48/h1-19H,45H2. The van der Waals surface area contributed by atoms with Crippen LogP contribution in [0.25, 0.3) is 0 Å². The van der Waals surface area contributed by atoms with Crippen LogP contribution in [0.5, 0.6) is 0 Å². The summed E-state index contributed by atoms with van der Waals surface area (Å²) in [6, 6.07) is 27.8. The molecule has 53 heavy (non-hydrogen) atoms. The number of carbonyl (C=O) groups excluding carboxylic acids is 8. The normalized spacial score (nSPS) is 13.7. The van der Waals surface area contributed by atoms with Gasteiger partial charge >= 0.3 is 0 Å². The largest absolute Gasteiger partial charge is 0.398 e. The van der Waals surface area contributed by atoms with E-state index in [0.717, 1.165) is 0 Å². The fraction of sp³-hybridized carbons (Fsp3) is 0. The maximum atomic E-state index is 14.3. The maximum absolute atomic E-state index is 14.3. The Balaban J connectivity index is 1.11. The van der Waals surface area contributed by atoms with Crippen molar-refractivity contribution in [2.24, 2.45) is 0 Å². The van der Waals surface area contributed by atoms with Gasteiger partial charge in [0.05, 0.1) is 5.56 Å². The summed E-state index contributed by atoms with van der Waals surface area (Å²) in [5.74, 6) is -4.41. The van der Waals surface area contributed by atoms with Crippen molar-refractivity contribution >= 4 is 52.0 Å². The van der Waals surface area contributed by atoms with Gasteiger partial charge in [-0.1, -0.05) is 78.9 Å². The predicted octanol–water partition coefficient (Wildman–Crippen LogP) is 6.06. The van der Waals surface area contributed by atoms with Crippen molar-refractivity contribution in [1.82, 2.24) is 0 Å². The molecule has 0 atom stereocenters. The molecule has 3 aliphatic rings. The van der Waals surface area contributed by atoms with E-state index in [1.165, 1.54) is 78.9 Å². The van der Waals surface area contributed by atoms with Gasteiger partial charge in [-0.05, 0) is 36.4 Å². The molecule has 3 aliphatic carbocycles. The summed E-state index contributed by atoms with van der Waals surface area (Å²) in [7, 11) is 0. The second-order valence-electron chi connectivity index (χ2n) is 12.9. The number of hydrogen-bond donors (Lipinski definition) is 1. The van der Waals surface area contributed by atoms with Gasteiger partial charge in [0, 0.05) is 89.1 Å². The molecule has 9 nitrogen and oxygen atoms in total. The molecule has 6 aromatic rings. The van der Waals surface area contributed by atoms with Gasteiger partial charge in [-0.2, -0.15) is 0 Å². The zero-order valence-electron chi connectivity index (χ0n) is 27.3. The van der Waals surface area contributed by atoms with Gasteiger partial charge in [-0.3, -0.25) is 38.4 Å². The number of fused-ring (bicyclic) bond motifs is 6. The van der Waals surface area contributed by atoms with Crippen LogP contribution in [0.15, 0.2) is 115 Å². The minimum absolute atomic E-state index is 0.00860. The van der Waals surface area contributed by atoms with E-state index in [2.05, 4.69) is 0 Å². The molecule has 0 saturated carbocycles. The van der Waals surface area contributed by atoms with E-state index in [1.807, 2.05) is 0 Å². The van der Waals surface area contributed by atoms with E-state index < -0.39 is 34.7 Å². The molecule has 0 unspecified atom stereocenters. The number of benzene rings is 6. The zero-order valence-corrected chi connectivity index (χ0v) is 27.3. The molecule has 0 radical (unpaired) electrons. The molecule has 0 bridgehead atoms.